The summed E-state index contributed by atoms with van der Waals surface area (Å²) in [5, 5.41) is 7.15. The van der Waals surface area contributed by atoms with E-state index in [9.17, 15) is 8.42 Å². The Bertz CT molecular complexity index is 436. The molecule has 0 bridgehead atoms. The van der Waals surface area contributed by atoms with Crippen LogP contribution in [0.5, 0.6) is 0 Å². The molecule has 4 nitrogen and oxygen atoms in total. The van der Waals surface area contributed by atoms with Gasteiger partial charge in [0.1, 0.15) is 0 Å². The lowest BCUT2D eigenvalue weighted by atomic mass is 9.85. The van der Waals surface area contributed by atoms with E-state index in [1.807, 2.05) is 31.4 Å². The molecule has 1 aromatic heterocycles. The zero-order valence-corrected chi connectivity index (χ0v) is 12.5. The van der Waals surface area contributed by atoms with E-state index in [1.54, 1.807) is 11.3 Å². The minimum Gasteiger partial charge on any atom is -0.375 e. The number of primary sulfonamides is 1. The Morgan fingerprint density at radius 3 is 2.50 bits per heavy atom. The highest BCUT2D eigenvalue weighted by Crippen LogP contribution is 2.28. The van der Waals surface area contributed by atoms with Gasteiger partial charge in [-0.25, -0.2) is 13.6 Å². The number of rotatable bonds is 8. The molecule has 0 atom stereocenters. The Morgan fingerprint density at radius 1 is 1.39 bits per heavy atom. The molecule has 0 aliphatic rings. The highest BCUT2D eigenvalue weighted by Gasteiger charge is 2.31. The van der Waals surface area contributed by atoms with Crippen LogP contribution >= 0.6 is 11.3 Å². The van der Waals surface area contributed by atoms with Crippen molar-refractivity contribution in [3.8, 4) is 0 Å². The lowest BCUT2D eigenvalue weighted by Gasteiger charge is -2.30. The van der Waals surface area contributed by atoms with Crippen LogP contribution < -0.4 is 5.14 Å². The van der Waals surface area contributed by atoms with Crippen molar-refractivity contribution in [2.75, 3.05) is 12.4 Å². The quantitative estimate of drug-likeness (QED) is 0.799. The maximum atomic E-state index is 11.3. The lowest BCUT2D eigenvalue weighted by molar-refractivity contribution is 0.0410. The summed E-state index contributed by atoms with van der Waals surface area (Å²) in [4.78, 5) is 1.15. The topological polar surface area (TPSA) is 69.4 Å². The lowest BCUT2D eigenvalue weighted by Crippen LogP contribution is -2.36. The summed E-state index contributed by atoms with van der Waals surface area (Å²) < 4.78 is 28.2. The molecular weight excluding hydrogens is 270 g/mol. The van der Waals surface area contributed by atoms with Gasteiger partial charge >= 0.3 is 0 Å². The predicted octanol–water partition coefficient (Wildman–Crippen LogP) is 2.36. The average Bonchev–Trinajstić information content (AvgIpc) is 2.79. The van der Waals surface area contributed by atoms with Crippen LogP contribution in [0.3, 0.4) is 0 Å². The molecule has 0 radical (unpaired) electrons. The third kappa shape index (κ3) is 5.06. The molecule has 1 rings (SSSR count). The molecule has 0 saturated carbocycles. The first-order chi connectivity index (χ1) is 8.41. The van der Waals surface area contributed by atoms with Crippen molar-refractivity contribution in [2.45, 2.75) is 33.3 Å². The molecule has 0 aliphatic carbocycles. The smallest absolute Gasteiger partial charge is 0.209 e. The van der Waals surface area contributed by atoms with Crippen molar-refractivity contribution >= 4 is 21.4 Å². The molecule has 2 N–H and O–H groups in total. The minimum atomic E-state index is -3.47. The number of hydrogen-bond donors (Lipinski definition) is 1. The first kappa shape index (κ1) is 15.6. The van der Waals surface area contributed by atoms with E-state index in [2.05, 4.69) is 0 Å². The summed E-state index contributed by atoms with van der Waals surface area (Å²) in [6.45, 7) is 4.91. The van der Waals surface area contributed by atoms with E-state index in [0.29, 0.717) is 13.2 Å². The zero-order valence-electron chi connectivity index (χ0n) is 10.9. The molecule has 1 heterocycles. The second-order valence-corrected chi connectivity index (χ2v) is 7.23. The zero-order chi connectivity index (χ0) is 13.6. The maximum Gasteiger partial charge on any atom is 0.209 e. The van der Waals surface area contributed by atoms with Crippen molar-refractivity contribution < 1.29 is 13.2 Å². The SMILES string of the molecule is CCC(CC)(COCc1cccs1)CS(N)(=O)=O. The van der Waals surface area contributed by atoms with Gasteiger partial charge in [0.25, 0.3) is 0 Å². The number of ether oxygens (including phenoxy) is 1. The van der Waals surface area contributed by atoms with Gasteiger partial charge in [0.05, 0.1) is 19.0 Å². The monoisotopic (exact) mass is 291 g/mol. The number of thiophene rings is 1. The third-order valence-electron chi connectivity index (χ3n) is 3.24. The van der Waals surface area contributed by atoms with Crippen LogP contribution in [0.2, 0.25) is 0 Å². The normalized spacial score (nSPS) is 12.8. The van der Waals surface area contributed by atoms with Crippen molar-refractivity contribution in [1.82, 2.24) is 0 Å². The maximum absolute atomic E-state index is 11.3. The summed E-state index contributed by atoms with van der Waals surface area (Å²) >= 11 is 1.63. The number of nitrogens with two attached hydrogens (primary N) is 1. The highest BCUT2D eigenvalue weighted by molar-refractivity contribution is 7.89. The van der Waals surface area contributed by atoms with Crippen LogP contribution in [0.1, 0.15) is 31.6 Å². The first-order valence-electron chi connectivity index (χ1n) is 6.01. The van der Waals surface area contributed by atoms with Crippen LogP contribution in [-0.2, 0) is 21.4 Å². The number of hydrogen-bond acceptors (Lipinski definition) is 4. The van der Waals surface area contributed by atoms with Crippen LogP contribution in [0, 0.1) is 5.41 Å². The van der Waals surface area contributed by atoms with Crippen LogP contribution in [0.15, 0.2) is 17.5 Å². The van der Waals surface area contributed by atoms with Crippen LogP contribution in [-0.4, -0.2) is 20.8 Å². The molecule has 6 heteroatoms. The Kier molecular flexibility index (Phi) is 5.78. The van der Waals surface area contributed by atoms with E-state index < -0.39 is 10.0 Å². The van der Waals surface area contributed by atoms with Crippen LogP contribution in [0.25, 0.3) is 0 Å². The highest BCUT2D eigenvalue weighted by atomic mass is 32.2. The first-order valence-corrected chi connectivity index (χ1v) is 8.61. The van der Waals surface area contributed by atoms with Crippen molar-refractivity contribution in [3.63, 3.8) is 0 Å². The molecule has 0 saturated heterocycles. The molecular formula is C12H21NO3S2. The van der Waals surface area contributed by atoms with E-state index in [4.69, 9.17) is 9.88 Å². The van der Waals surface area contributed by atoms with E-state index in [-0.39, 0.29) is 11.2 Å². The summed E-state index contributed by atoms with van der Waals surface area (Å²) in [7, 11) is -3.47. The largest absolute Gasteiger partial charge is 0.375 e. The summed E-state index contributed by atoms with van der Waals surface area (Å²) in [5.74, 6) is -0.0164. The molecule has 0 aliphatic heterocycles. The molecule has 1 aromatic rings. The average molecular weight is 291 g/mol. The number of sulfonamides is 1. The van der Waals surface area contributed by atoms with Gasteiger partial charge in [0, 0.05) is 10.3 Å². The summed E-state index contributed by atoms with van der Waals surface area (Å²) in [6, 6.07) is 3.98. The summed E-state index contributed by atoms with van der Waals surface area (Å²) in [6.07, 6.45) is 1.48. The molecule has 18 heavy (non-hydrogen) atoms. The molecule has 104 valence electrons. The van der Waals surface area contributed by atoms with Crippen molar-refractivity contribution in [1.29, 1.82) is 0 Å². The standard InChI is InChI=1S/C12H21NO3S2/c1-3-12(4-2,10-18(13,14)15)9-16-8-11-6-5-7-17-11/h5-7H,3-4,8-10H2,1-2H3,(H2,13,14,15). The van der Waals surface area contributed by atoms with Crippen molar-refractivity contribution in [3.05, 3.63) is 22.4 Å². The van der Waals surface area contributed by atoms with Gasteiger partial charge in [-0.05, 0) is 24.3 Å². The molecule has 0 fully saturated rings. The van der Waals surface area contributed by atoms with Gasteiger partial charge < -0.3 is 4.74 Å². The Morgan fingerprint density at radius 2 is 2.06 bits per heavy atom. The minimum absolute atomic E-state index is 0.0164. The molecule has 0 amide bonds. The van der Waals surface area contributed by atoms with Crippen molar-refractivity contribution in [2.24, 2.45) is 10.6 Å². The fourth-order valence-corrected chi connectivity index (χ4v) is 3.88. The molecule has 0 aromatic carbocycles. The van der Waals surface area contributed by atoms with E-state index in [0.717, 1.165) is 17.7 Å². The van der Waals surface area contributed by atoms with Gasteiger partial charge in [0.15, 0.2) is 0 Å². The van der Waals surface area contributed by atoms with E-state index >= 15 is 0 Å². The van der Waals surface area contributed by atoms with Crippen LogP contribution in [0.4, 0.5) is 0 Å². The fourth-order valence-electron chi connectivity index (χ4n) is 1.89. The second-order valence-electron chi connectivity index (χ2n) is 4.59. The molecule has 0 spiro atoms. The molecule has 0 unspecified atom stereocenters. The van der Waals surface area contributed by atoms with Gasteiger partial charge in [-0.15, -0.1) is 11.3 Å². The third-order valence-corrected chi connectivity index (χ3v) is 5.10. The second kappa shape index (κ2) is 6.65. The Balaban J connectivity index is 2.56. The van der Waals surface area contributed by atoms with Gasteiger partial charge in [-0.1, -0.05) is 19.9 Å². The van der Waals surface area contributed by atoms with Gasteiger partial charge in [-0.2, -0.15) is 0 Å². The van der Waals surface area contributed by atoms with E-state index in [1.165, 1.54) is 0 Å². The van der Waals surface area contributed by atoms with Gasteiger partial charge in [0.2, 0.25) is 10.0 Å². The summed E-state index contributed by atoms with van der Waals surface area (Å²) in [5.41, 5.74) is -0.370. The Hall–Kier alpha value is -0.430. The fraction of sp³-hybridized carbons (Fsp3) is 0.667. The van der Waals surface area contributed by atoms with Gasteiger partial charge in [-0.3, -0.25) is 0 Å². The Labute approximate surface area is 113 Å². The predicted molar refractivity (Wildman–Crippen MR) is 75.0 cm³/mol.